The smallest absolute Gasteiger partial charge is 0.262 e. The minimum atomic E-state index is -0.300. The quantitative estimate of drug-likeness (QED) is 0.593. The first-order valence-electron chi connectivity index (χ1n) is 9.39. The normalized spacial score (nSPS) is 10.4. The van der Waals surface area contributed by atoms with Gasteiger partial charge in [0, 0.05) is 29.6 Å². The van der Waals surface area contributed by atoms with E-state index in [-0.39, 0.29) is 25.0 Å². The molecule has 2 aromatic carbocycles. The fourth-order valence-corrected chi connectivity index (χ4v) is 3.00. The van der Waals surface area contributed by atoms with Crippen molar-refractivity contribution in [2.45, 2.75) is 20.4 Å². The maximum atomic E-state index is 12.4. The molecule has 1 heterocycles. The fourth-order valence-electron chi connectivity index (χ4n) is 2.90. The number of aryl methyl sites for hydroxylation is 2. The van der Waals surface area contributed by atoms with Crippen LogP contribution in [0.25, 0.3) is 0 Å². The molecule has 3 rings (SSSR count). The Kier molecular flexibility index (Phi) is 7.03. The van der Waals surface area contributed by atoms with Gasteiger partial charge in [0.15, 0.2) is 6.61 Å². The molecule has 0 atom stereocenters. The summed E-state index contributed by atoms with van der Waals surface area (Å²) in [6.45, 7) is 3.90. The highest BCUT2D eigenvalue weighted by molar-refractivity contribution is 6.32. The summed E-state index contributed by atoms with van der Waals surface area (Å²) in [5, 5.41) is 6.35. The number of hydrogen-bond donors (Lipinski definition) is 2. The molecular formula is C23H22ClN3O3. The predicted octanol–water partition coefficient (Wildman–Crippen LogP) is 4.30. The molecule has 0 bridgehead atoms. The zero-order chi connectivity index (χ0) is 21.5. The van der Waals surface area contributed by atoms with E-state index >= 15 is 0 Å². The van der Waals surface area contributed by atoms with Crippen LogP contribution >= 0.6 is 11.6 Å². The van der Waals surface area contributed by atoms with Crippen LogP contribution in [0.4, 0.5) is 5.69 Å². The third kappa shape index (κ3) is 5.58. The van der Waals surface area contributed by atoms with Gasteiger partial charge in [-0.2, -0.15) is 0 Å². The molecule has 0 aliphatic carbocycles. The Morgan fingerprint density at radius 2 is 1.80 bits per heavy atom. The third-order valence-corrected chi connectivity index (χ3v) is 5.03. The number of carbonyl (C=O) groups is 2. The number of aromatic nitrogens is 1. The van der Waals surface area contributed by atoms with Crippen molar-refractivity contribution in [3.05, 3.63) is 88.2 Å². The van der Waals surface area contributed by atoms with Gasteiger partial charge in [-0.25, -0.2) is 0 Å². The maximum absolute atomic E-state index is 12.4. The van der Waals surface area contributed by atoms with E-state index in [4.69, 9.17) is 16.3 Å². The van der Waals surface area contributed by atoms with Gasteiger partial charge >= 0.3 is 0 Å². The van der Waals surface area contributed by atoms with Crippen LogP contribution in [0.3, 0.4) is 0 Å². The van der Waals surface area contributed by atoms with Gasteiger partial charge in [0.2, 0.25) is 0 Å². The number of para-hydroxylation sites is 1. The number of ether oxygens (including phenoxy) is 1. The van der Waals surface area contributed by atoms with Crippen LogP contribution < -0.4 is 15.4 Å². The summed E-state index contributed by atoms with van der Waals surface area (Å²) in [5.41, 5.74) is 3.65. The average Bonchev–Trinajstić information content (AvgIpc) is 2.75. The zero-order valence-electron chi connectivity index (χ0n) is 16.7. The van der Waals surface area contributed by atoms with Crippen molar-refractivity contribution in [1.82, 2.24) is 10.3 Å². The van der Waals surface area contributed by atoms with Crippen molar-refractivity contribution in [3.63, 3.8) is 0 Å². The first kappa shape index (κ1) is 21.3. The third-order valence-electron chi connectivity index (χ3n) is 4.43. The second-order valence-electron chi connectivity index (χ2n) is 6.79. The van der Waals surface area contributed by atoms with Gasteiger partial charge in [-0.15, -0.1) is 0 Å². The van der Waals surface area contributed by atoms with Crippen LogP contribution in [0.2, 0.25) is 5.02 Å². The molecular weight excluding hydrogens is 402 g/mol. The number of nitrogens with one attached hydrogen (secondary N) is 2. The molecule has 0 unspecified atom stereocenters. The number of anilines is 1. The summed E-state index contributed by atoms with van der Waals surface area (Å²) in [7, 11) is 0. The van der Waals surface area contributed by atoms with Gasteiger partial charge in [0.25, 0.3) is 11.8 Å². The first-order valence-corrected chi connectivity index (χ1v) is 9.77. The lowest BCUT2D eigenvalue weighted by atomic mass is 10.1. The van der Waals surface area contributed by atoms with Crippen LogP contribution in [-0.2, 0) is 11.3 Å². The number of benzene rings is 2. The highest BCUT2D eigenvalue weighted by Crippen LogP contribution is 2.26. The highest BCUT2D eigenvalue weighted by atomic mass is 35.5. The number of amides is 2. The molecule has 2 amide bonds. The molecule has 0 radical (unpaired) electrons. The molecule has 7 heteroatoms. The molecule has 0 saturated carbocycles. The molecule has 0 fully saturated rings. The molecule has 3 aromatic rings. The first-order chi connectivity index (χ1) is 14.4. The summed E-state index contributed by atoms with van der Waals surface area (Å²) in [4.78, 5) is 28.5. The number of pyridine rings is 1. The van der Waals surface area contributed by atoms with Crippen LogP contribution in [0, 0.1) is 13.8 Å². The number of nitrogens with zero attached hydrogens (tertiary/aromatic N) is 1. The van der Waals surface area contributed by atoms with E-state index in [0.29, 0.717) is 22.0 Å². The lowest BCUT2D eigenvalue weighted by Gasteiger charge is -2.13. The van der Waals surface area contributed by atoms with E-state index in [1.807, 2.05) is 32.0 Å². The Morgan fingerprint density at radius 3 is 2.50 bits per heavy atom. The zero-order valence-corrected chi connectivity index (χ0v) is 17.5. The minimum absolute atomic E-state index is 0.142. The molecule has 0 spiro atoms. The second-order valence-corrected chi connectivity index (χ2v) is 7.17. The SMILES string of the molecule is Cc1cc(OCC(=O)Nc2ccccc2CNC(=O)c2cccnc2)cc(C)c1Cl. The van der Waals surface area contributed by atoms with Gasteiger partial charge < -0.3 is 15.4 Å². The average molecular weight is 424 g/mol. The Morgan fingerprint density at radius 1 is 1.07 bits per heavy atom. The van der Waals surface area contributed by atoms with Crippen molar-refractivity contribution in [3.8, 4) is 5.75 Å². The van der Waals surface area contributed by atoms with Gasteiger partial charge in [-0.1, -0.05) is 29.8 Å². The van der Waals surface area contributed by atoms with E-state index in [9.17, 15) is 9.59 Å². The molecule has 0 saturated heterocycles. The van der Waals surface area contributed by atoms with Crippen molar-refractivity contribution in [1.29, 1.82) is 0 Å². The Balaban J connectivity index is 1.59. The van der Waals surface area contributed by atoms with Crippen LogP contribution in [0.15, 0.2) is 60.9 Å². The van der Waals surface area contributed by atoms with Crippen LogP contribution in [0.5, 0.6) is 5.75 Å². The summed E-state index contributed by atoms with van der Waals surface area (Å²) in [6.07, 6.45) is 3.11. The lowest BCUT2D eigenvalue weighted by Crippen LogP contribution is -2.25. The largest absolute Gasteiger partial charge is 0.484 e. The fraction of sp³-hybridized carbons (Fsp3) is 0.174. The highest BCUT2D eigenvalue weighted by Gasteiger charge is 2.11. The molecule has 30 heavy (non-hydrogen) atoms. The number of carbonyl (C=O) groups excluding carboxylic acids is 2. The molecule has 1 aromatic heterocycles. The van der Waals surface area contributed by atoms with Gasteiger partial charge in [0.05, 0.1) is 5.56 Å². The molecule has 2 N–H and O–H groups in total. The Bertz CT molecular complexity index is 1030. The van der Waals surface area contributed by atoms with Crippen molar-refractivity contribution in [2.24, 2.45) is 0 Å². The number of hydrogen-bond acceptors (Lipinski definition) is 4. The second kappa shape index (κ2) is 9.89. The van der Waals surface area contributed by atoms with Crippen molar-refractivity contribution >= 4 is 29.1 Å². The summed E-state index contributed by atoms with van der Waals surface area (Å²) >= 11 is 6.16. The topological polar surface area (TPSA) is 80.3 Å². The maximum Gasteiger partial charge on any atom is 0.262 e. The summed E-state index contributed by atoms with van der Waals surface area (Å²) < 4.78 is 5.61. The van der Waals surface area contributed by atoms with Gasteiger partial charge in [-0.05, 0) is 60.9 Å². The van der Waals surface area contributed by atoms with Crippen LogP contribution in [-0.4, -0.2) is 23.4 Å². The van der Waals surface area contributed by atoms with E-state index in [0.717, 1.165) is 16.7 Å². The Hall–Kier alpha value is -3.38. The number of rotatable bonds is 7. The standard InChI is InChI=1S/C23H22ClN3O3/c1-15-10-19(11-16(2)22(15)24)30-14-21(28)27-20-8-4-3-6-17(20)13-26-23(29)18-7-5-9-25-12-18/h3-12H,13-14H2,1-2H3,(H,26,29)(H,27,28). The molecule has 0 aliphatic heterocycles. The van der Waals surface area contributed by atoms with E-state index in [1.165, 1.54) is 6.20 Å². The summed E-state index contributed by atoms with van der Waals surface area (Å²) in [5.74, 6) is 0.0499. The molecule has 6 nitrogen and oxygen atoms in total. The van der Waals surface area contributed by atoms with E-state index in [2.05, 4.69) is 15.6 Å². The number of halogens is 1. The monoisotopic (exact) mass is 423 g/mol. The van der Waals surface area contributed by atoms with Crippen LogP contribution in [0.1, 0.15) is 27.0 Å². The van der Waals surface area contributed by atoms with Gasteiger partial charge in [0.1, 0.15) is 5.75 Å². The predicted molar refractivity (Wildman–Crippen MR) is 117 cm³/mol. The molecule has 0 aliphatic rings. The lowest BCUT2D eigenvalue weighted by molar-refractivity contribution is -0.118. The van der Waals surface area contributed by atoms with Gasteiger partial charge in [-0.3, -0.25) is 14.6 Å². The van der Waals surface area contributed by atoms with E-state index < -0.39 is 0 Å². The van der Waals surface area contributed by atoms with E-state index in [1.54, 1.807) is 36.5 Å². The minimum Gasteiger partial charge on any atom is -0.484 e. The molecule has 154 valence electrons. The summed E-state index contributed by atoms with van der Waals surface area (Å²) in [6, 6.07) is 14.3. The van der Waals surface area contributed by atoms with Crippen molar-refractivity contribution in [2.75, 3.05) is 11.9 Å². The Labute approximate surface area is 180 Å². The van der Waals surface area contributed by atoms with Crippen molar-refractivity contribution < 1.29 is 14.3 Å².